The van der Waals surface area contributed by atoms with Gasteiger partial charge in [-0.25, -0.2) is 0 Å². The van der Waals surface area contributed by atoms with Crippen LogP contribution in [0.4, 0.5) is 5.69 Å². The van der Waals surface area contributed by atoms with Crippen molar-refractivity contribution in [1.82, 2.24) is 5.16 Å². The molecule has 6 nitrogen and oxygen atoms in total. The molecule has 0 amide bonds. The van der Waals surface area contributed by atoms with Crippen molar-refractivity contribution in [3.8, 4) is 0 Å². The standard InChI is InChI=1S/C28H28N2O4/c1-28(2)15-24(33)27-21(30-34-25(27)16-28)14-13-20(26-22(31)11-6-12-23(26)32)29-19-10-5-8-17-7-3-4-9-18(17)19/h3-5,7-10,31H,6,11-16H2,1-2H3. The first kappa shape index (κ1) is 22.3. The molecule has 6 heteroatoms. The highest BCUT2D eigenvalue weighted by Crippen LogP contribution is 2.37. The summed E-state index contributed by atoms with van der Waals surface area (Å²) in [6, 6.07) is 13.8. The Bertz CT molecular complexity index is 1350. The van der Waals surface area contributed by atoms with Crippen LogP contribution in [-0.2, 0) is 17.6 Å². The van der Waals surface area contributed by atoms with Gasteiger partial charge in [0.2, 0.25) is 0 Å². The number of fused-ring (bicyclic) bond motifs is 2. The van der Waals surface area contributed by atoms with E-state index in [2.05, 4.69) is 19.0 Å². The third-order valence-electron chi connectivity index (χ3n) is 6.68. The van der Waals surface area contributed by atoms with E-state index in [1.165, 1.54) is 0 Å². The number of benzene rings is 2. The van der Waals surface area contributed by atoms with Crippen LogP contribution in [0.15, 0.2) is 63.3 Å². The van der Waals surface area contributed by atoms with Crippen LogP contribution < -0.4 is 0 Å². The van der Waals surface area contributed by atoms with E-state index in [9.17, 15) is 14.7 Å². The summed E-state index contributed by atoms with van der Waals surface area (Å²) >= 11 is 0. The van der Waals surface area contributed by atoms with Gasteiger partial charge in [-0.2, -0.15) is 0 Å². The van der Waals surface area contributed by atoms with E-state index in [-0.39, 0.29) is 22.7 Å². The Morgan fingerprint density at radius 3 is 2.68 bits per heavy atom. The number of nitrogens with zero attached hydrogens (tertiary/aromatic N) is 2. The number of aryl methyl sites for hydroxylation is 1. The van der Waals surface area contributed by atoms with Gasteiger partial charge in [0.25, 0.3) is 0 Å². The second-order valence-corrected chi connectivity index (χ2v) is 10.0. The van der Waals surface area contributed by atoms with E-state index in [0.29, 0.717) is 73.2 Å². The van der Waals surface area contributed by atoms with Gasteiger partial charge >= 0.3 is 0 Å². The lowest BCUT2D eigenvalue weighted by molar-refractivity contribution is -0.115. The number of ketones is 2. The van der Waals surface area contributed by atoms with Crippen LogP contribution in [0.1, 0.15) is 67.8 Å². The molecule has 2 aliphatic rings. The van der Waals surface area contributed by atoms with Crippen LogP contribution in [-0.4, -0.2) is 27.5 Å². The van der Waals surface area contributed by atoms with Crippen LogP contribution in [0.25, 0.3) is 10.8 Å². The summed E-state index contributed by atoms with van der Waals surface area (Å²) in [6.45, 7) is 4.10. The molecular weight excluding hydrogens is 428 g/mol. The highest BCUT2D eigenvalue weighted by atomic mass is 16.5. The highest BCUT2D eigenvalue weighted by Gasteiger charge is 2.36. The number of aliphatic hydroxyl groups excluding tert-OH is 1. The molecule has 3 aromatic rings. The predicted molar refractivity (Wildman–Crippen MR) is 131 cm³/mol. The summed E-state index contributed by atoms with van der Waals surface area (Å²) in [4.78, 5) is 30.6. The number of carbonyl (C=O) groups is 2. The SMILES string of the molecule is CC1(C)CC(=O)c2c(CCC(=Nc3cccc4ccccc34)C3=C(O)CCCC3=O)noc2C1. The van der Waals surface area contributed by atoms with Crippen molar-refractivity contribution >= 4 is 33.7 Å². The maximum absolute atomic E-state index is 12.8. The van der Waals surface area contributed by atoms with Gasteiger partial charge in [0, 0.05) is 31.1 Å². The van der Waals surface area contributed by atoms with Crippen LogP contribution in [0.2, 0.25) is 0 Å². The van der Waals surface area contributed by atoms with Crippen LogP contribution in [0.5, 0.6) is 0 Å². The fraction of sp³-hybridized carbons (Fsp3) is 0.357. The number of hydrogen-bond donors (Lipinski definition) is 1. The van der Waals surface area contributed by atoms with E-state index < -0.39 is 0 Å². The molecule has 2 aromatic carbocycles. The minimum absolute atomic E-state index is 0.0471. The van der Waals surface area contributed by atoms with Gasteiger partial charge in [0.15, 0.2) is 11.6 Å². The van der Waals surface area contributed by atoms with E-state index >= 15 is 0 Å². The lowest BCUT2D eigenvalue weighted by atomic mass is 9.76. The molecular formula is C28H28N2O4. The number of aromatic nitrogens is 1. The van der Waals surface area contributed by atoms with Crippen molar-refractivity contribution in [2.24, 2.45) is 10.4 Å². The Labute approximate surface area is 198 Å². The summed E-state index contributed by atoms with van der Waals surface area (Å²) in [7, 11) is 0. The quantitative estimate of drug-likeness (QED) is 0.458. The first-order valence-electron chi connectivity index (χ1n) is 11.8. The summed E-state index contributed by atoms with van der Waals surface area (Å²) < 4.78 is 5.55. The molecule has 0 radical (unpaired) electrons. The zero-order valence-corrected chi connectivity index (χ0v) is 19.6. The lowest BCUT2D eigenvalue weighted by Crippen LogP contribution is -2.26. The van der Waals surface area contributed by atoms with Crippen molar-refractivity contribution in [3.63, 3.8) is 0 Å². The Kier molecular flexibility index (Phi) is 5.68. The monoisotopic (exact) mass is 456 g/mol. The van der Waals surface area contributed by atoms with E-state index in [0.717, 1.165) is 16.5 Å². The third kappa shape index (κ3) is 4.20. The topological polar surface area (TPSA) is 92.8 Å². The van der Waals surface area contributed by atoms with Crippen LogP contribution in [0.3, 0.4) is 0 Å². The van der Waals surface area contributed by atoms with Crippen molar-refractivity contribution in [1.29, 1.82) is 0 Å². The summed E-state index contributed by atoms with van der Waals surface area (Å²) in [5, 5.41) is 16.9. The largest absolute Gasteiger partial charge is 0.511 e. The highest BCUT2D eigenvalue weighted by molar-refractivity contribution is 6.24. The minimum atomic E-state index is -0.146. The second kappa shape index (κ2) is 8.67. The number of aliphatic hydroxyl groups is 1. The maximum Gasteiger partial charge on any atom is 0.168 e. The maximum atomic E-state index is 12.8. The van der Waals surface area contributed by atoms with Crippen LogP contribution >= 0.6 is 0 Å². The Morgan fingerprint density at radius 1 is 1.06 bits per heavy atom. The molecule has 0 saturated carbocycles. The van der Waals surface area contributed by atoms with Gasteiger partial charge in [0.05, 0.1) is 28.2 Å². The number of Topliss-reactive ketones (excluding diaryl/α,β-unsaturated/α-hetero) is 2. The average molecular weight is 457 g/mol. The molecule has 174 valence electrons. The molecule has 0 aliphatic heterocycles. The van der Waals surface area contributed by atoms with Gasteiger partial charge in [-0.15, -0.1) is 0 Å². The fourth-order valence-corrected chi connectivity index (χ4v) is 5.07. The molecule has 0 atom stereocenters. The van der Waals surface area contributed by atoms with E-state index in [1.807, 2.05) is 42.5 Å². The molecule has 0 unspecified atom stereocenters. The van der Waals surface area contributed by atoms with Gasteiger partial charge in [0.1, 0.15) is 11.5 Å². The average Bonchev–Trinajstić information content (AvgIpc) is 3.19. The fourth-order valence-electron chi connectivity index (χ4n) is 5.07. The van der Waals surface area contributed by atoms with E-state index in [4.69, 9.17) is 9.52 Å². The Hall–Kier alpha value is -3.54. The predicted octanol–water partition coefficient (Wildman–Crippen LogP) is 6.25. The summed E-state index contributed by atoms with van der Waals surface area (Å²) in [6.07, 6.45) is 3.38. The number of aliphatic imine (C=N–C) groups is 1. The summed E-state index contributed by atoms with van der Waals surface area (Å²) in [5.74, 6) is 0.684. The molecule has 0 saturated heterocycles. The molecule has 0 spiro atoms. The smallest absolute Gasteiger partial charge is 0.168 e. The second-order valence-electron chi connectivity index (χ2n) is 10.0. The van der Waals surface area contributed by atoms with Crippen molar-refractivity contribution in [3.05, 3.63) is 70.8 Å². The molecule has 1 heterocycles. The number of allylic oxidation sites excluding steroid dienone is 2. The summed E-state index contributed by atoms with van der Waals surface area (Å²) in [5.41, 5.74) is 2.61. The minimum Gasteiger partial charge on any atom is -0.511 e. The van der Waals surface area contributed by atoms with Gasteiger partial charge in [-0.1, -0.05) is 55.4 Å². The van der Waals surface area contributed by atoms with E-state index in [1.54, 1.807) is 0 Å². The normalized spacial score (nSPS) is 18.5. The van der Waals surface area contributed by atoms with Gasteiger partial charge in [-0.05, 0) is 36.1 Å². The van der Waals surface area contributed by atoms with Crippen molar-refractivity contribution in [2.75, 3.05) is 0 Å². The zero-order valence-electron chi connectivity index (χ0n) is 19.6. The Balaban J connectivity index is 1.54. The van der Waals surface area contributed by atoms with Crippen LogP contribution in [0, 0.1) is 5.41 Å². The molecule has 5 rings (SSSR count). The lowest BCUT2D eigenvalue weighted by Gasteiger charge is -2.26. The molecule has 0 fully saturated rings. The first-order chi connectivity index (χ1) is 16.3. The molecule has 34 heavy (non-hydrogen) atoms. The van der Waals surface area contributed by atoms with Gasteiger partial charge < -0.3 is 9.63 Å². The molecule has 1 N–H and O–H groups in total. The molecule has 1 aromatic heterocycles. The Morgan fingerprint density at radius 2 is 1.85 bits per heavy atom. The number of hydrogen-bond acceptors (Lipinski definition) is 6. The first-order valence-corrected chi connectivity index (χ1v) is 11.8. The molecule has 2 aliphatic carbocycles. The zero-order chi connectivity index (χ0) is 23.9. The van der Waals surface area contributed by atoms with Gasteiger partial charge in [-0.3, -0.25) is 14.6 Å². The number of carbonyl (C=O) groups excluding carboxylic acids is 2. The van der Waals surface area contributed by atoms with Crippen molar-refractivity contribution in [2.45, 2.75) is 58.8 Å². The number of rotatable bonds is 5. The molecule has 0 bridgehead atoms. The third-order valence-corrected chi connectivity index (χ3v) is 6.68. The van der Waals surface area contributed by atoms with Crippen molar-refractivity contribution < 1.29 is 19.2 Å².